The molecule has 2 aromatic rings. The minimum atomic E-state index is 0.901. The van der Waals surface area contributed by atoms with Crippen LogP contribution in [0.5, 0.6) is 0 Å². The first-order valence-electron chi connectivity index (χ1n) is 7.81. The number of benzene rings is 1. The van der Waals surface area contributed by atoms with Gasteiger partial charge in [0.25, 0.3) is 0 Å². The second kappa shape index (κ2) is 8.09. The van der Waals surface area contributed by atoms with Crippen molar-refractivity contribution >= 4 is 11.6 Å². The molecule has 0 aliphatic rings. The van der Waals surface area contributed by atoms with Gasteiger partial charge in [-0.05, 0) is 60.7 Å². The number of aryl methyl sites for hydroxylation is 1. The van der Waals surface area contributed by atoms with E-state index >= 15 is 0 Å². The molecule has 0 spiro atoms. The third-order valence-corrected chi connectivity index (χ3v) is 3.91. The summed E-state index contributed by atoms with van der Waals surface area (Å²) in [7, 11) is 0. The van der Waals surface area contributed by atoms with Crippen molar-refractivity contribution in [2.24, 2.45) is 0 Å². The average molecular weight is 301 g/mol. The van der Waals surface area contributed by atoms with E-state index in [1.807, 2.05) is 31.2 Å². The number of hydrogen-bond acceptors (Lipinski definition) is 1. The number of nitrogens with zero attached hydrogens (tertiary/aromatic N) is 1. The van der Waals surface area contributed by atoms with Gasteiger partial charge in [-0.15, -0.1) is 0 Å². The summed E-state index contributed by atoms with van der Waals surface area (Å²) < 4.78 is 0. The van der Waals surface area contributed by atoms with Gasteiger partial charge in [0.1, 0.15) is 0 Å². The lowest BCUT2D eigenvalue weighted by molar-refractivity contribution is 1.28. The van der Waals surface area contributed by atoms with Crippen molar-refractivity contribution < 1.29 is 0 Å². The van der Waals surface area contributed by atoms with Gasteiger partial charge >= 0.3 is 0 Å². The van der Waals surface area contributed by atoms with Crippen LogP contribution in [0.3, 0.4) is 0 Å². The standard InChI is InChI=1S/C22H23N/c1-5-20(13-12-18(3)22-11-6-7-16-23-22)14-15-21-10-8-9-17(2)19(21)4/h5-16H,3H2,1-2,4H3/b13-12-,15-14-,20-5+. The molecule has 1 heterocycles. The zero-order valence-corrected chi connectivity index (χ0v) is 14.1. The molecule has 23 heavy (non-hydrogen) atoms. The predicted molar refractivity (Wildman–Crippen MR) is 101 cm³/mol. The lowest BCUT2D eigenvalue weighted by Gasteiger charge is -2.04. The van der Waals surface area contributed by atoms with Crippen LogP contribution in [0.15, 0.2) is 79.1 Å². The molecule has 116 valence electrons. The van der Waals surface area contributed by atoms with Crippen LogP contribution in [0.1, 0.15) is 29.3 Å². The molecule has 0 saturated heterocycles. The van der Waals surface area contributed by atoms with E-state index < -0.39 is 0 Å². The van der Waals surface area contributed by atoms with Gasteiger partial charge in [-0.3, -0.25) is 4.98 Å². The Balaban J connectivity index is 2.12. The maximum atomic E-state index is 4.31. The maximum Gasteiger partial charge on any atom is 0.0695 e. The minimum Gasteiger partial charge on any atom is -0.256 e. The molecule has 0 bridgehead atoms. The molecule has 0 atom stereocenters. The molecule has 1 heteroatoms. The van der Waals surface area contributed by atoms with Gasteiger partial charge < -0.3 is 0 Å². The second-order valence-electron chi connectivity index (χ2n) is 5.48. The zero-order chi connectivity index (χ0) is 16.7. The molecule has 1 nitrogen and oxygen atoms in total. The highest BCUT2D eigenvalue weighted by atomic mass is 14.7. The molecule has 0 unspecified atom stereocenters. The first-order chi connectivity index (χ1) is 11.1. The Bertz CT molecular complexity index is 762. The number of pyridine rings is 1. The Morgan fingerprint density at radius 1 is 1.00 bits per heavy atom. The fraction of sp³-hybridized carbons (Fsp3) is 0.136. The number of aromatic nitrogens is 1. The van der Waals surface area contributed by atoms with E-state index in [4.69, 9.17) is 0 Å². The van der Waals surface area contributed by atoms with Crippen LogP contribution < -0.4 is 0 Å². The molecule has 0 radical (unpaired) electrons. The molecular weight excluding hydrogens is 278 g/mol. The van der Waals surface area contributed by atoms with Crippen molar-refractivity contribution in [2.45, 2.75) is 20.8 Å². The molecule has 1 aromatic carbocycles. The van der Waals surface area contributed by atoms with Crippen LogP contribution in [-0.2, 0) is 0 Å². The largest absolute Gasteiger partial charge is 0.256 e. The van der Waals surface area contributed by atoms with Gasteiger partial charge in [-0.1, -0.05) is 61.2 Å². The average Bonchev–Trinajstić information content (AvgIpc) is 2.59. The third kappa shape index (κ3) is 4.65. The number of allylic oxidation sites excluding steroid dienone is 6. The summed E-state index contributed by atoms with van der Waals surface area (Å²) in [4.78, 5) is 4.31. The molecular formula is C22H23N. The highest BCUT2D eigenvalue weighted by Crippen LogP contribution is 2.16. The lowest BCUT2D eigenvalue weighted by atomic mass is 10.0. The number of hydrogen-bond donors (Lipinski definition) is 0. The second-order valence-corrected chi connectivity index (χ2v) is 5.48. The van der Waals surface area contributed by atoms with Crippen LogP contribution in [0.25, 0.3) is 11.6 Å². The van der Waals surface area contributed by atoms with Crippen LogP contribution in [-0.4, -0.2) is 4.98 Å². The van der Waals surface area contributed by atoms with Crippen molar-refractivity contribution in [1.82, 2.24) is 4.98 Å². The molecule has 1 aromatic heterocycles. The SMILES string of the molecule is C=C(\C=C/C(/C=C\c1cccc(C)c1C)=C\C)c1ccccn1. The van der Waals surface area contributed by atoms with E-state index in [9.17, 15) is 0 Å². The van der Waals surface area contributed by atoms with Crippen molar-refractivity contribution in [1.29, 1.82) is 0 Å². The molecule has 0 amide bonds. The Labute approximate surface area is 139 Å². The quantitative estimate of drug-likeness (QED) is 0.624. The Kier molecular flexibility index (Phi) is 5.87. The Morgan fingerprint density at radius 2 is 1.83 bits per heavy atom. The summed E-state index contributed by atoms with van der Waals surface area (Å²) >= 11 is 0. The van der Waals surface area contributed by atoms with Crippen LogP contribution in [0, 0.1) is 13.8 Å². The maximum absolute atomic E-state index is 4.31. The van der Waals surface area contributed by atoms with Crippen molar-refractivity contribution in [2.75, 3.05) is 0 Å². The van der Waals surface area contributed by atoms with Gasteiger partial charge in [0, 0.05) is 6.20 Å². The van der Waals surface area contributed by atoms with Crippen molar-refractivity contribution in [3.63, 3.8) is 0 Å². The summed E-state index contributed by atoms with van der Waals surface area (Å²) in [6.45, 7) is 10.4. The third-order valence-electron chi connectivity index (χ3n) is 3.91. The van der Waals surface area contributed by atoms with Gasteiger partial charge in [0.2, 0.25) is 0 Å². The number of rotatable bonds is 5. The molecule has 0 saturated carbocycles. The zero-order valence-electron chi connectivity index (χ0n) is 14.1. The van der Waals surface area contributed by atoms with Crippen molar-refractivity contribution in [3.8, 4) is 0 Å². The predicted octanol–water partition coefficient (Wildman–Crippen LogP) is 5.93. The first-order valence-corrected chi connectivity index (χ1v) is 7.81. The van der Waals surface area contributed by atoms with Gasteiger partial charge in [-0.25, -0.2) is 0 Å². The summed E-state index contributed by atoms with van der Waals surface area (Å²) in [5, 5.41) is 0. The van der Waals surface area contributed by atoms with E-state index in [1.54, 1.807) is 6.20 Å². The molecule has 0 N–H and O–H groups in total. The van der Waals surface area contributed by atoms with Gasteiger partial charge in [0.15, 0.2) is 0 Å². The van der Waals surface area contributed by atoms with E-state index in [-0.39, 0.29) is 0 Å². The van der Waals surface area contributed by atoms with E-state index in [0.29, 0.717) is 0 Å². The fourth-order valence-electron chi connectivity index (χ4n) is 2.22. The Morgan fingerprint density at radius 3 is 2.52 bits per heavy atom. The molecule has 2 rings (SSSR count). The Hall–Kier alpha value is -2.67. The topological polar surface area (TPSA) is 12.9 Å². The van der Waals surface area contributed by atoms with E-state index in [2.05, 4.69) is 67.9 Å². The smallest absolute Gasteiger partial charge is 0.0695 e. The lowest BCUT2D eigenvalue weighted by Crippen LogP contribution is -1.85. The van der Waals surface area contributed by atoms with E-state index in [0.717, 1.165) is 16.8 Å². The normalized spacial score (nSPS) is 12.2. The van der Waals surface area contributed by atoms with Crippen LogP contribution >= 0.6 is 0 Å². The highest BCUT2D eigenvalue weighted by Gasteiger charge is 1.97. The monoisotopic (exact) mass is 301 g/mol. The highest BCUT2D eigenvalue weighted by molar-refractivity contribution is 5.70. The summed E-state index contributed by atoms with van der Waals surface area (Å²) in [6, 6.07) is 12.2. The summed E-state index contributed by atoms with van der Waals surface area (Å²) in [6.07, 6.45) is 12.2. The minimum absolute atomic E-state index is 0.901. The van der Waals surface area contributed by atoms with Crippen LogP contribution in [0.4, 0.5) is 0 Å². The fourth-order valence-corrected chi connectivity index (χ4v) is 2.22. The first kappa shape index (κ1) is 16.7. The van der Waals surface area contributed by atoms with Gasteiger partial charge in [-0.2, -0.15) is 0 Å². The van der Waals surface area contributed by atoms with Crippen LogP contribution in [0.2, 0.25) is 0 Å². The van der Waals surface area contributed by atoms with Crippen molar-refractivity contribution in [3.05, 3.63) is 101 Å². The molecule has 0 fully saturated rings. The van der Waals surface area contributed by atoms with E-state index in [1.165, 1.54) is 16.7 Å². The summed E-state index contributed by atoms with van der Waals surface area (Å²) in [5.41, 5.74) is 6.83. The summed E-state index contributed by atoms with van der Waals surface area (Å²) in [5.74, 6) is 0. The van der Waals surface area contributed by atoms with Gasteiger partial charge in [0.05, 0.1) is 5.69 Å². The molecule has 0 aliphatic carbocycles. The molecule has 0 aliphatic heterocycles.